The Morgan fingerprint density at radius 2 is 1.90 bits per heavy atom. The second-order valence-corrected chi connectivity index (χ2v) is 7.86. The molecule has 158 valence electrons. The van der Waals surface area contributed by atoms with Gasteiger partial charge >= 0.3 is 6.09 Å². The van der Waals surface area contributed by atoms with E-state index in [1.165, 1.54) is 11.6 Å². The Hall–Kier alpha value is -3.09. The summed E-state index contributed by atoms with van der Waals surface area (Å²) in [5.74, 6) is -0.180. The minimum atomic E-state index is -0.600. The number of carbonyl (C=O) groups excluding carboxylic acids is 1. The Balaban J connectivity index is 1.24. The number of anilines is 1. The predicted octanol–water partition coefficient (Wildman–Crippen LogP) is 3.91. The van der Waals surface area contributed by atoms with Crippen LogP contribution in [0.25, 0.3) is 0 Å². The third-order valence-electron chi connectivity index (χ3n) is 5.75. The molecule has 2 aromatic carbocycles. The molecule has 1 fully saturated rings. The van der Waals surface area contributed by atoms with Crippen LogP contribution in [0.4, 0.5) is 14.9 Å². The van der Waals surface area contributed by atoms with Crippen molar-refractivity contribution < 1.29 is 13.9 Å². The molecule has 1 amide bonds. The molecule has 3 N–H and O–H groups in total. The van der Waals surface area contributed by atoms with E-state index >= 15 is 0 Å². The first kappa shape index (κ1) is 20.2. The molecule has 2 heterocycles. The number of hydrogen-bond acceptors (Lipinski definition) is 5. The van der Waals surface area contributed by atoms with Gasteiger partial charge in [0.2, 0.25) is 0 Å². The molecule has 2 aromatic rings. The Bertz CT molecular complexity index is 924. The van der Waals surface area contributed by atoms with Crippen molar-refractivity contribution >= 4 is 17.6 Å². The molecule has 7 heteroatoms. The number of hydrogen-bond donors (Lipinski definition) is 2. The minimum Gasteiger partial charge on any atom is -0.449 e. The fourth-order valence-corrected chi connectivity index (χ4v) is 4.08. The molecule has 0 unspecified atom stereocenters. The van der Waals surface area contributed by atoms with Crippen LogP contribution >= 0.6 is 0 Å². The number of ether oxygens (including phenoxy) is 1. The van der Waals surface area contributed by atoms with Gasteiger partial charge in [-0.05, 0) is 37.0 Å². The molecule has 30 heavy (non-hydrogen) atoms. The summed E-state index contributed by atoms with van der Waals surface area (Å²) < 4.78 is 19.5. The molecule has 0 radical (unpaired) electrons. The molecular weight excluding hydrogens is 383 g/mol. The summed E-state index contributed by atoms with van der Waals surface area (Å²) in [5.41, 5.74) is 7.72. The Morgan fingerprint density at radius 1 is 1.13 bits per heavy atom. The van der Waals surface area contributed by atoms with Crippen molar-refractivity contribution in [2.45, 2.75) is 37.8 Å². The van der Waals surface area contributed by atoms with Crippen LogP contribution in [-0.2, 0) is 11.2 Å². The number of carbonyl (C=O) groups is 1. The molecule has 2 aliphatic heterocycles. The number of rotatable bonds is 5. The minimum absolute atomic E-state index is 0.205. The lowest BCUT2D eigenvalue weighted by molar-refractivity contribution is 0.0853. The number of nitrogens with zero attached hydrogens (tertiary/aromatic N) is 2. The van der Waals surface area contributed by atoms with Crippen LogP contribution in [0.15, 0.2) is 53.5 Å². The highest BCUT2D eigenvalue weighted by Crippen LogP contribution is 2.35. The highest BCUT2D eigenvalue weighted by atomic mass is 19.1. The van der Waals surface area contributed by atoms with Gasteiger partial charge in [0.1, 0.15) is 17.3 Å². The number of nitrogens with two attached hydrogens (primary N) is 1. The summed E-state index contributed by atoms with van der Waals surface area (Å²) in [5, 5.41) is 3.33. The third-order valence-corrected chi connectivity index (χ3v) is 5.75. The second-order valence-electron chi connectivity index (χ2n) is 7.86. The molecule has 4 rings (SSSR count). The fraction of sp³-hybridized carbons (Fsp3) is 0.391. The van der Waals surface area contributed by atoms with Crippen molar-refractivity contribution in [3.05, 3.63) is 65.5 Å². The Morgan fingerprint density at radius 3 is 2.67 bits per heavy atom. The zero-order valence-corrected chi connectivity index (χ0v) is 16.9. The molecule has 2 aliphatic rings. The van der Waals surface area contributed by atoms with Crippen LogP contribution in [0.5, 0.6) is 0 Å². The van der Waals surface area contributed by atoms with E-state index in [4.69, 9.17) is 10.5 Å². The smallest absolute Gasteiger partial charge is 0.409 e. The van der Waals surface area contributed by atoms with Crippen LogP contribution < -0.4 is 11.1 Å². The van der Waals surface area contributed by atoms with Crippen molar-refractivity contribution in [2.75, 3.05) is 25.0 Å². The number of unbranched alkanes of at least 4 members (excludes halogenated alkanes) is 1. The summed E-state index contributed by atoms with van der Waals surface area (Å²) in [7, 11) is 0. The number of nitrogens with one attached hydrogen (secondary N) is 1. The number of amidine groups is 1. The van der Waals surface area contributed by atoms with Crippen LogP contribution in [-0.4, -0.2) is 42.2 Å². The number of amides is 1. The maximum Gasteiger partial charge on any atom is 0.409 e. The van der Waals surface area contributed by atoms with E-state index in [-0.39, 0.29) is 17.7 Å². The van der Waals surface area contributed by atoms with E-state index in [1.807, 2.05) is 18.2 Å². The summed E-state index contributed by atoms with van der Waals surface area (Å²) in [6.45, 7) is 1.44. The Kier molecular flexibility index (Phi) is 5.88. The predicted molar refractivity (Wildman–Crippen MR) is 115 cm³/mol. The maximum atomic E-state index is 14.0. The maximum absolute atomic E-state index is 14.0. The van der Waals surface area contributed by atoms with Gasteiger partial charge in [-0.2, -0.15) is 0 Å². The van der Waals surface area contributed by atoms with Gasteiger partial charge in [0.05, 0.1) is 12.2 Å². The zero-order chi connectivity index (χ0) is 21.0. The van der Waals surface area contributed by atoms with Crippen molar-refractivity contribution in [1.29, 1.82) is 0 Å². The second kappa shape index (κ2) is 8.73. The normalized spacial score (nSPS) is 17.1. The van der Waals surface area contributed by atoms with Gasteiger partial charge in [0.15, 0.2) is 0 Å². The first-order valence-corrected chi connectivity index (χ1v) is 10.4. The molecule has 1 saturated heterocycles. The highest BCUT2D eigenvalue weighted by molar-refractivity contribution is 6.04. The molecule has 0 saturated carbocycles. The number of likely N-dealkylation sites (tertiary alicyclic amines) is 1. The number of benzene rings is 2. The third kappa shape index (κ3) is 4.40. The van der Waals surface area contributed by atoms with Gasteiger partial charge in [0.25, 0.3) is 0 Å². The molecule has 6 nitrogen and oxygen atoms in total. The fourth-order valence-electron chi connectivity index (χ4n) is 4.08. The van der Waals surface area contributed by atoms with Crippen molar-refractivity contribution in [3.8, 4) is 0 Å². The molecule has 0 bridgehead atoms. The molecule has 0 aromatic heterocycles. The quantitative estimate of drug-likeness (QED) is 0.733. The number of piperidine rings is 1. The molecule has 0 atom stereocenters. The van der Waals surface area contributed by atoms with E-state index in [0.717, 1.165) is 19.3 Å². The number of aryl methyl sites for hydroxylation is 1. The van der Waals surface area contributed by atoms with Gasteiger partial charge in [-0.25, -0.2) is 14.2 Å². The first-order valence-electron chi connectivity index (χ1n) is 10.4. The lowest BCUT2D eigenvalue weighted by Gasteiger charge is -2.42. The van der Waals surface area contributed by atoms with Gasteiger partial charge in [-0.15, -0.1) is 0 Å². The van der Waals surface area contributed by atoms with E-state index < -0.39 is 5.66 Å². The van der Waals surface area contributed by atoms with Crippen LogP contribution in [0.3, 0.4) is 0 Å². The summed E-state index contributed by atoms with van der Waals surface area (Å²) in [6, 6.07) is 15.1. The number of aliphatic imine (C=N–C) groups is 1. The largest absolute Gasteiger partial charge is 0.449 e. The van der Waals surface area contributed by atoms with Gasteiger partial charge in [0, 0.05) is 31.6 Å². The van der Waals surface area contributed by atoms with E-state index in [1.54, 1.807) is 17.0 Å². The average molecular weight is 410 g/mol. The number of halogens is 1. The Labute approximate surface area is 175 Å². The van der Waals surface area contributed by atoms with Crippen molar-refractivity contribution in [1.82, 2.24) is 4.90 Å². The van der Waals surface area contributed by atoms with Gasteiger partial charge in [-0.3, -0.25) is 0 Å². The standard InChI is InChI=1S/C23H27FN4O2/c24-18-10-6-11-19-20(18)21(25)27-23(26-19)12-14-28(15-13-23)22(29)30-16-5-4-9-17-7-2-1-3-8-17/h1-3,6-8,10-11,26H,4-5,9,12-16H2,(H2,25,27). The van der Waals surface area contributed by atoms with Crippen molar-refractivity contribution in [3.63, 3.8) is 0 Å². The molecule has 0 aliphatic carbocycles. The van der Waals surface area contributed by atoms with Gasteiger partial charge in [-0.1, -0.05) is 36.4 Å². The lowest BCUT2D eigenvalue weighted by atomic mass is 9.94. The monoisotopic (exact) mass is 410 g/mol. The van der Waals surface area contributed by atoms with Crippen molar-refractivity contribution in [2.24, 2.45) is 10.7 Å². The summed E-state index contributed by atoms with van der Waals surface area (Å²) in [4.78, 5) is 18.6. The van der Waals surface area contributed by atoms with E-state index in [0.29, 0.717) is 43.8 Å². The van der Waals surface area contributed by atoms with Gasteiger partial charge < -0.3 is 20.7 Å². The first-order chi connectivity index (χ1) is 14.6. The number of fused-ring (bicyclic) bond motifs is 1. The van der Waals surface area contributed by atoms with Crippen LogP contribution in [0.2, 0.25) is 0 Å². The lowest BCUT2D eigenvalue weighted by Crippen LogP contribution is -2.52. The summed E-state index contributed by atoms with van der Waals surface area (Å²) >= 11 is 0. The SMILES string of the molecule is NC1=NC2(CCN(C(=O)OCCCCc3ccccc3)CC2)Nc2cccc(F)c21. The van der Waals surface area contributed by atoms with Crippen LogP contribution in [0.1, 0.15) is 36.8 Å². The highest BCUT2D eigenvalue weighted by Gasteiger charge is 2.39. The average Bonchev–Trinajstić information content (AvgIpc) is 2.74. The van der Waals surface area contributed by atoms with Crippen LogP contribution in [0, 0.1) is 5.82 Å². The topological polar surface area (TPSA) is 80.0 Å². The van der Waals surface area contributed by atoms with E-state index in [9.17, 15) is 9.18 Å². The summed E-state index contributed by atoms with van der Waals surface area (Å²) in [6.07, 6.45) is 3.69. The molecule has 1 spiro atoms. The van der Waals surface area contributed by atoms with E-state index in [2.05, 4.69) is 22.4 Å². The molecular formula is C23H27FN4O2. The zero-order valence-electron chi connectivity index (χ0n) is 16.9.